The number of para-hydroxylation sites is 1. The van der Waals surface area contributed by atoms with Crippen LogP contribution in [0.1, 0.15) is 18.9 Å². The maximum Gasteiger partial charge on any atom is 0.319 e. The molecule has 27 heavy (non-hydrogen) atoms. The highest BCUT2D eigenvalue weighted by Gasteiger charge is 2.07. The van der Waals surface area contributed by atoms with Crippen molar-refractivity contribution in [3.63, 3.8) is 0 Å². The third-order valence-corrected chi connectivity index (χ3v) is 3.73. The molecule has 0 aromatic heterocycles. The van der Waals surface area contributed by atoms with Crippen LogP contribution in [-0.4, -0.2) is 25.1 Å². The van der Waals surface area contributed by atoms with Gasteiger partial charge in [-0.1, -0.05) is 24.3 Å². The molecule has 0 saturated heterocycles. The summed E-state index contributed by atoms with van der Waals surface area (Å²) in [6.45, 7) is 6.46. The van der Waals surface area contributed by atoms with Crippen molar-refractivity contribution in [2.75, 3.05) is 23.8 Å². The first-order valence-electron chi connectivity index (χ1n) is 8.88. The van der Waals surface area contributed by atoms with Gasteiger partial charge in [0.15, 0.2) is 0 Å². The Kier molecular flexibility index (Phi) is 7.91. The van der Waals surface area contributed by atoms with Crippen LogP contribution in [0.4, 0.5) is 16.2 Å². The molecule has 3 amide bonds. The molecule has 0 spiro atoms. The minimum atomic E-state index is -0.306. The normalized spacial score (nSPS) is 9.96. The fraction of sp³-hybridized carbons (Fsp3) is 0.238. The average molecular weight is 367 g/mol. The second kappa shape index (κ2) is 10.7. The Hall–Kier alpha value is -3.28. The van der Waals surface area contributed by atoms with Gasteiger partial charge in [-0.25, -0.2) is 4.79 Å². The Labute approximate surface area is 159 Å². The minimum absolute atomic E-state index is 0.0780. The monoisotopic (exact) mass is 367 g/mol. The third kappa shape index (κ3) is 6.86. The van der Waals surface area contributed by atoms with E-state index in [4.69, 9.17) is 4.74 Å². The molecule has 0 aliphatic carbocycles. The summed E-state index contributed by atoms with van der Waals surface area (Å²) in [6.07, 6.45) is 2.56. The van der Waals surface area contributed by atoms with Crippen LogP contribution in [0.25, 0.3) is 0 Å². The van der Waals surface area contributed by atoms with E-state index in [1.54, 1.807) is 30.3 Å². The fourth-order valence-corrected chi connectivity index (χ4v) is 2.46. The Morgan fingerprint density at radius 3 is 2.37 bits per heavy atom. The maximum absolute atomic E-state index is 12.2. The maximum atomic E-state index is 12.2. The van der Waals surface area contributed by atoms with Crippen molar-refractivity contribution >= 4 is 23.3 Å². The Morgan fingerprint density at radius 1 is 1.04 bits per heavy atom. The lowest BCUT2D eigenvalue weighted by Gasteiger charge is -2.10. The molecule has 0 radical (unpaired) electrons. The smallest absolute Gasteiger partial charge is 0.319 e. The summed E-state index contributed by atoms with van der Waals surface area (Å²) in [5, 5.41) is 8.18. The summed E-state index contributed by atoms with van der Waals surface area (Å²) in [6, 6.07) is 14.4. The molecule has 3 N–H and O–H groups in total. The first kappa shape index (κ1) is 20.0. The molecule has 0 aliphatic rings. The lowest BCUT2D eigenvalue weighted by molar-refractivity contribution is -0.116. The summed E-state index contributed by atoms with van der Waals surface area (Å²) < 4.78 is 5.58. The van der Waals surface area contributed by atoms with Gasteiger partial charge in [0.2, 0.25) is 5.91 Å². The van der Waals surface area contributed by atoms with E-state index in [9.17, 15) is 9.59 Å². The quantitative estimate of drug-likeness (QED) is 0.587. The van der Waals surface area contributed by atoms with Gasteiger partial charge < -0.3 is 20.7 Å². The topological polar surface area (TPSA) is 79.5 Å². The molecule has 0 aliphatic heterocycles. The lowest BCUT2D eigenvalue weighted by Crippen LogP contribution is -2.28. The van der Waals surface area contributed by atoms with Crippen molar-refractivity contribution in [1.82, 2.24) is 5.32 Å². The predicted molar refractivity (Wildman–Crippen MR) is 108 cm³/mol. The van der Waals surface area contributed by atoms with Crippen LogP contribution in [0.5, 0.6) is 5.75 Å². The van der Waals surface area contributed by atoms with E-state index in [1.165, 1.54) is 0 Å². The van der Waals surface area contributed by atoms with Crippen molar-refractivity contribution < 1.29 is 14.3 Å². The van der Waals surface area contributed by atoms with Gasteiger partial charge in [-0.15, -0.1) is 6.58 Å². The zero-order valence-electron chi connectivity index (χ0n) is 15.5. The van der Waals surface area contributed by atoms with Gasteiger partial charge in [-0.3, -0.25) is 4.79 Å². The van der Waals surface area contributed by atoms with Crippen LogP contribution in [0.3, 0.4) is 0 Å². The van der Waals surface area contributed by atoms with Crippen molar-refractivity contribution in [1.29, 1.82) is 0 Å². The fourth-order valence-electron chi connectivity index (χ4n) is 2.46. The van der Waals surface area contributed by atoms with Gasteiger partial charge in [0.05, 0.1) is 6.61 Å². The van der Waals surface area contributed by atoms with E-state index in [2.05, 4.69) is 22.5 Å². The van der Waals surface area contributed by atoms with Crippen LogP contribution in [0.2, 0.25) is 0 Å². The molecule has 2 aromatic rings. The van der Waals surface area contributed by atoms with Gasteiger partial charge in [-0.05, 0) is 49.2 Å². The van der Waals surface area contributed by atoms with Crippen LogP contribution < -0.4 is 20.7 Å². The van der Waals surface area contributed by atoms with Gasteiger partial charge in [0.1, 0.15) is 5.75 Å². The second-order valence-electron chi connectivity index (χ2n) is 5.79. The van der Waals surface area contributed by atoms with E-state index in [1.807, 2.05) is 31.2 Å². The van der Waals surface area contributed by atoms with E-state index < -0.39 is 0 Å². The molecule has 2 rings (SSSR count). The number of ether oxygens (including phenoxy) is 1. The standard InChI is InChI=1S/C21H25N3O3/c1-3-15-22-21(26)24-18-12-10-17(11-13-18)23-20(25)14-9-16-7-5-6-8-19(16)27-4-2/h3,5-8,10-13H,1,4,9,14-15H2,2H3,(H,23,25)(H2,22,24,26). The summed E-state index contributed by atoms with van der Waals surface area (Å²) in [4.78, 5) is 23.8. The number of rotatable bonds is 9. The molecule has 0 saturated carbocycles. The summed E-state index contributed by atoms with van der Waals surface area (Å²) >= 11 is 0. The number of urea groups is 1. The molecule has 6 nitrogen and oxygen atoms in total. The Morgan fingerprint density at radius 2 is 1.70 bits per heavy atom. The highest BCUT2D eigenvalue weighted by atomic mass is 16.5. The zero-order chi connectivity index (χ0) is 19.5. The Balaban J connectivity index is 1.84. The van der Waals surface area contributed by atoms with Crippen molar-refractivity contribution in [3.05, 3.63) is 66.7 Å². The zero-order valence-corrected chi connectivity index (χ0v) is 15.5. The number of carbonyl (C=O) groups excluding carboxylic acids is 2. The molecule has 0 unspecified atom stereocenters. The van der Waals surface area contributed by atoms with E-state index in [0.29, 0.717) is 37.4 Å². The average Bonchev–Trinajstić information content (AvgIpc) is 2.67. The highest BCUT2D eigenvalue weighted by molar-refractivity contribution is 5.92. The summed E-state index contributed by atoms with van der Waals surface area (Å²) in [7, 11) is 0. The van der Waals surface area contributed by atoms with Gasteiger partial charge in [0.25, 0.3) is 0 Å². The highest BCUT2D eigenvalue weighted by Crippen LogP contribution is 2.20. The molecule has 0 heterocycles. The number of carbonyl (C=O) groups is 2. The molecule has 6 heteroatoms. The van der Waals surface area contributed by atoms with Crippen LogP contribution >= 0.6 is 0 Å². The van der Waals surface area contributed by atoms with E-state index in [0.717, 1.165) is 11.3 Å². The van der Waals surface area contributed by atoms with Gasteiger partial charge >= 0.3 is 6.03 Å². The first-order valence-corrected chi connectivity index (χ1v) is 8.88. The summed E-state index contributed by atoms with van der Waals surface area (Å²) in [5.41, 5.74) is 2.33. The van der Waals surface area contributed by atoms with Gasteiger partial charge in [0, 0.05) is 24.3 Å². The predicted octanol–water partition coefficient (Wildman–Crippen LogP) is 3.96. The minimum Gasteiger partial charge on any atom is -0.494 e. The molecule has 0 bridgehead atoms. The van der Waals surface area contributed by atoms with Crippen LogP contribution in [0.15, 0.2) is 61.2 Å². The van der Waals surface area contributed by atoms with E-state index in [-0.39, 0.29) is 11.9 Å². The number of amides is 3. The number of benzene rings is 2. The van der Waals surface area contributed by atoms with E-state index >= 15 is 0 Å². The lowest BCUT2D eigenvalue weighted by atomic mass is 10.1. The SMILES string of the molecule is C=CCNC(=O)Nc1ccc(NC(=O)CCc2ccccc2OCC)cc1. The molecular formula is C21H25N3O3. The molecule has 142 valence electrons. The molecule has 2 aromatic carbocycles. The number of nitrogens with one attached hydrogen (secondary N) is 3. The van der Waals surface area contributed by atoms with Crippen molar-refractivity contribution in [2.24, 2.45) is 0 Å². The van der Waals surface area contributed by atoms with Crippen LogP contribution in [0, 0.1) is 0 Å². The number of hydrogen-bond acceptors (Lipinski definition) is 3. The molecule has 0 atom stereocenters. The summed E-state index contributed by atoms with van der Waals surface area (Å²) in [5.74, 6) is 0.740. The third-order valence-electron chi connectivity index (χ3n) is 3.73. The number of hydrogen-bond donors (Lipinski definition) is 3. The Bertz CT molecular complexity index is 772. The molecular weight excluding hydrogens is 342 g/mol. The second-order valence-corrected chi connectivity index (χ2v) is 5.79. The number of aryl methyl sites for hydroxylation is 1. The largest absolute Gasteiger partial charge is 0.494 e. The van der Waals surface area contributed by atoms with Crippen molar-refractivity contribution in [2.45, 2.75) is 19.8 Å². The van der Waals surface area contributed by atoms with Crippen molar-refractivity contribution in [3.8, 4) is 5.75 Å². The van der Waals surface area contributed by atoms with Crippen LogP contribution in [-0.2, 0) is 11.2 Å². The van der Waals surface area contributed by atoms with Gasteiger partial charge in [-0.2, -0.15) is 0 Å². The number of anilines is 2. The molecule has 0 fully saturated rings. The first-order chi connectivity index (χ1) is 13.1.